The second-order valence-electron chi connectivity index (χ2n) is 8.08. The van der Waals surface area contributed by atoms with Gasteiger partial charge in [-0.05, 0) is 37.0 Å². The lowest BCUT2D eigenvalue weighted by molar-refractivity contribution is -0.128. The van der Waals surface area contributed by atoms with E-state index >= 15 is 0 Å². The first kappa shape index (κ1) is 21.6. The number of aryl methyl sites for hydroxylation is 1. The molecular formula is C22H32NO3P. The Kier molecular flexibility index (Phi) is 6.86. The largest absolute Gasteiger partial charge is 0.486 e. The molecular weight excluding hydrogens is 357 g/mol. The molecule has 1 aromatic carbocycles. The summed E-state index contributed by atoms with van der Waals surface area (Å²) in [6.45, 7) is 12.2. The van der Waals surface area contributed by atoms with Gasteiger partial charge < -0.3 is 9.15 Å². The highest BCUT2D eigenvalue weighted by Gasteiger charge is 2.36. The number of carbonyl (C=O) groups excluding carboxylic acids is 1. The van der Waals surface area contributed by atoms with E-state index in [0.717, 1.165) is 47.5 Å². The summed E-state index contributed by atoms with van der Waals surface area (Å²) < 4.78 is 11.6. The molecule has 4 nitrogen and oxygen atoms in total. The average molecular weight is 389 g/mol. The highest BCUT2D eigenvalue weighted by Crippen LogP contribution is 2.40. The van der Waals surface area contributed by atoms with Crippen LogP contribution in [0.5, 0.6) is 5.75 Å². The molecule has 27 heavy (non-hydrogen) atoms. The van der Waals surface area contributed by atoms with Crippen LogP contribution in [0.25, 0.3) is 0 Å². The standard InChI is InChI=1S/C22H32NO3P/c1-7-22(8-2,20-23-17(14-27)12-26-20)16-9-10-18(15(3)11-16)25-13-19(24)21(4,5)6/h9-12H,7-8,13-14,27H2,1-6H3. The van der Waals surface area contributed by atoms with Gasteiger partial charge in [0.2, 0.25) is 5.89 Å². The van der Waals surface area contributed by atoms with Gasteiger partial charge in [0.05, 0.1) is 11.1 Å². The van der Waals surface area contributed by atoms with Gasteiger partial charge in [-0.25, -0.2) is 4.98 Å². The van der Waals surface area contributed by atoms with Gasteiger partial charge in [-0.2, -0.15) is 0 Å². The van der Waals surface area contributed by atoms with Crippen molar-refractivity contribution in [3.8, 4) is 5.75 Å². The Hall–Kier alpha value is -1.67. The second kappa shape index (κ2) is 8.56. The van der Waals surface area contributed by atoms with Gasteiger partial charge in [0.25, 0.3) is 0 Å². The van der Waals surface area contributed by atoms with E-state index in [4.69, 9.17) is 14.1 Å². The van der Waals surface area contributed by atoms with Crippen molar-refractivity contribution in [3.05, 3.63) is 47.2 Å². The van der Waals surface area contributed by atoms with Crippen molar-refractivity contribution in [2.24, 2.45) is 5.41 Å². The van der Waals surface area contributed by atoms with Gasteiger partial charge in [0, 0.05) is 11.6 Å². The molecule has 0 aliphatic heterocycles. The van der Waals surface area contributed by atoms with E-state index in [1.54, 1.807) is 6.26 Å². The highest BCUT2D eigenvalue weighted by molar-refractivity contribution is 7.15. The summed E-state index contributed by atoms with van der Waals surface area (Å²) in [6.07, 6.45) is 4.30. The molecule has 1 aromatic heterocycles. The quantitative estimate of drug-likeness (QED) is 0.563. The van der Waals surface area contributed by atoms with Crippen molar-refractivity contribution < 1.29 is 13.9 Å². The molecule has 5 heteroatoms. The van der Waals surface area contributed by atoms with E-state index in [2.05, 4.69) is 35.2 Å². The molecule has 2 aromatic rings. The maximum Gasteiger partial charge on any atom is 0.204 e. The molecule has 0 aliphatic rings. The number of Topliss-reactive ketones (excluding diaryl/α,β-unsaturated/α-hetero) is 1. The molecule has 0 amide bonds. The van der Waals surface area contributed by atoms with Crippen LogP contribution in [0.15, 0.2) is 28.9 Å². The van der Waals surface area contributed by atoms with Gasteiger partial charge in [-0.1, -0.05) is 46.8 Å². The molecule has 0 saturated heterocycles. The van der Waals surface area contributed by atoms with Crippen LogP contribution in [0, 0.1) is 12.3 Å². The van der Waals surface area contributed by atoms with E-state index in [0.29, 0.717) is 0 Å². The van der Waals surface area contributed by atoms with E-state index in [9.17, 15) is 4.79 Å². The Balaban J connectivity index is 2.31. The SMILES string of the molecule is CCC(CC)(c1ccc(OCC(=O)C(C)(C)C)c(C)c1)c1nc(CP)co1. The summed E-state index contributed by atoms with van der Waals surface area (Å²) >= 11 is 0. The third-order valence-corrected chi connectivity index (χ3v) is 5.72. The predicted octanol–water partition coefficient (Wildman–Crippen LogP) is 5.46. The predicted molar refractivity (Wildman–Crippen MR) is 112 cm³/mol. The molecule has 148 valence electrons. The fourth-order valence-electron chi connectivity index (χ4n) is 3.17. The summed E-state index contributed by atoms with van der Waals surface area (Å²) in [5.41, 5.74) is 2.46. The Morgan fingerprint density at radius 1 is 1.22 bits per heavy atom. The Labute approximate surface area is 165 Å². The number of hydrogen-bond acceptors (Lipinski definition) is 4. The van der Waals surface area contributed by atoms with Crippen LogP contribution in [0.4, 0.5) is 0 Å². The number of nitrogens with zero attached hydrogens (tertiary/aromatic N) is 1. The summed E-state index contributed by atoms with van der Waals surface area (Å²) in [5.74, 6) is 1.60. The second-order valence-corrected chi connectivity index (χ2v) is 8.49. The van der Waals surface area contributed by atoms with Crippen LogP contribution in [-0.2, 0) is 16.4 Å². The molecule has 0 aliphatic carbocycles. The van der Waals surface area contributed by atoms with Gasteiger partial charge in [-0.15, -0.1) is 9.24 Å². The fraction of sp³-hybridized carbons (Fsp3) is 0.545. The van der Waals surface area contributed by atoms with Crippen molar-refractivity contribution >= 4 is 15.0 Å². The number of ketones is 1. The minimum atomic E-state index is -0.395. The molecule has 2 rings (SSSR count). The van der Waals surface area contributed by atoms with Gasteiger partial charge >= 0.3 is 0 Å². The zero-order valence-corrected chi connectivity index (χ0v) is 18.5. The molecule has 0 radical (unpaired) electrons. The smallest absolute Gasteiger partial charge is 0.204 e. The number of aromatic nitrogens is 1. The monoisotopic (exact) mass is 389 g/mol. The summed E-state index contributed by atoms with van der Waals surface area (Å²) in [7, 11) is 2.68. The van der Waals surface area contributed by atoms with Crippen molar-refractivity contribution in [2.45, 2.75) is 66.0 Å². The minimum absolute atomic E-state index is 0.0900. The lowest BCUT2D eigenvalue weighted by atomic mass is 9.75. The van der Waals surface area contributed by atoms with Crippen molar-refractivity contribution in [3.63, 3.8) is 0 Å². The zero-order chi connectivity index (χ0) is 20.2. The number of hydrogen-bond donors (Lipinski definition) is 0. The molecule has 0 fully saturated rings. The number of oxazole rings is 1. The lowest BCUT2D eigenvalue weighted by Crippen LogP contribution is -2.27. The van der Waals surface area contributed by atoms with Gasteiger partial charge in [-0.3, -0.25) is 4.79 Å². The number of ether oxygens (including phenoxy) is 1. The van der Waals surface area contributed by atoms with E-state index < -0.39 is 5.41 Å². The van der Waals surface area contributed by atoms with Crippen LogP contribution in [-0.4, -0.2) is 17.4 Å². The van der Waals surface area contributed by atoms with Gasteiger partial charge in [0.15, 0.2) is 5.78 Å². The molecule has 0 spiro atoms. The maximum atomic E-state index is 12.1. The average Bonchev–Trinajstić information content (AvgIpc) is 3.11. The van der Waals surface area contributed by atoms with Crippen molar-refractivity contribution in [2.75, 3.05) is 6.61 Å². The minimum Gasteiger partial charge on any atom is -0.486 e. The first-order valence-electron chi connectivity index (χ1n) is 9.60. The van der Waals surface area contributed by atoms with Gasteiger partial charge in [0.1, 0.15) is 18.6 Å². The normalized spacial score (nSPS) is 12.3. The topological polar surface area (TPSA) is 52.3 Å². The van der Waals surface area contributed by atoms with Crippen LogP contribution < -0.4 is 4.74 Å². The molecule has 0 bridgehead atoms. The van der Waals surface area contributed by atoms with Crippen LogP contribution in [0.3, 0.4) is 0 Å². The number of rotatable bonds is 8. The molecule has 0 saturated carbocycles. The third kappa shape index (κ3) is 4.60. The molecule has 1 unspecified atom stereocenters. The first-order chi connectivity index (χ1) is 12.7. The summed E-state index contributed by atoms with van der Waals surface area (Å²) in [5, 5.41) is 0. The van der Waals surface area contributed by atoms with E-state index in [1.165, 1.54) is 0 Å². The van der Waals surface area contributed by atoms with Crippen molar-refractivity contribution in [1.82, 2.24) is 4.98 Å². The maximum absolute atomic E-state index is 12.1. The first-order valence-corrected chi connectivity index (χ1v) is 10.4. The van der Waals surface area contributed by atoms with Crippen LogP contribution in [0.1, 0.15) is 70.2 Å². The fourth-order valence-corrected chi connectivity index (χ4v) is 3.36. The summed E-state index contributed by atoms with van der Waals surface area (Å²) in [6, 6.07) is 6.16. The van der Waals surface area contributed by atoms with E-state index in [1.807, 2.05) is 33.8 Å². The highest BCUT2D eigenvalue weighted by atomic mass is 31.0. The lowest BCUT2D eigenvalue weighted by Gasteiger charge is -2.29. The molecule has 1 heterocycles. The number of carbonyl (C=O) groups is 1. The van der Waals surface area contributed by atoms with Crippen molar-refractivity contribution in [1.29, 1.82) is 0 Å². The molecule has 1 atom stereocenters. The number of benzene rings is 1. The van der Waals surface area contributed by atoms with Crippen LogP contribution in [0.2, 0.25) is 0 Å². The zero-order valence-electron chi connectivity index (χ0n) is 17.4. The summed E-state index contributed by atoms with van der Waals surface area (Å²) in [4.78, 5) is 16.8. The van der Waals surface area contributed by atoms with Crippen LogP contribution >= 0.6 is 9.24 Å². The molecule has 0 N–H and O–H groups in total. The Morgan fingerprint density at radius 2 is 1.89 bits per heavy atom. The Bertz CT molecular complexity index is 785. The third-order valence-electron chi connectivity index (χ3n) is 5.30. The Morgan fingerprint density at radius 3 is 2.37 bits per heavy atom. The van der Waals surface area contributed by atoms with E-state index in [-0.39, 0.29) is 17.8 Å².